The van der Waals surface area contributed by atoms with Crippen molar-refractivity contribution in [3.8, 4) is 0 Å². The first kappa shape index (κ1) is 15.2. The zero-order valence-electron chi connectivity index (χ0n) is 11.7. The van der Waals surface area contributed by atoms with E-state index < -0.39 is 12.0 Å². The maximum atomic E-state index is 12.3. The van der Waals surface area contributed by atoms with Crippen LogP contribution in [0.2, 0.25) is 0 Å². The zero-order chi connectivity index (χ0) is 14.4. The van der Waals surface area contributed by atoms with E-state index in [0.29, 0.717) is 13.1 Å². The maximum absolute atomic E-state index is 12.3. The second-order valence-electron chi connectivity index (χ2n) is 4.52. The third kappa shape index (κ3) is 3.81. The lowest BCUT2D eigenvalue weighted by Gasteiger charge is -2.25. The van der Waals surface area contributed by atoms with Gasteiger partial charge in [-0.2, -0.15) is 5.10 Å². The minimum Gasteiger partial charge on any atom is -0.478 e. The fourth-order valence-corrected chi connectivity index (χ4v) is 1.91. The number of nitrogens with zero attached hydrogens (tertiary/aromatic N) is 3. The molecule has 1 heterocycles. The highest BCUT2D eigenvalue weighted by molar-refractivity contribution is 5.87. The number of hydrogen-bond donors (Lipinski definition) is 1. The van der Waals surface area contributed by atoms with Crippen LogP contribution >= 0.6 is 0 Å². The second kappa shape index (κ2) is 6.92. The molecule has 106 valence electrons. The Morgan fingerprint density at radius 1 is 1.37 bits per heavy atom. The van der Waals surface area contributed by atoms with Crippen molar-refractivity contribution >= 4 is 11.9 Å². The molecule has 0 radical (unpaired) electrons. The minimum atomic E-state index is -1.04. The maximum Gasteiger partial charge on any atom is 0.338 e. The molecule has 0 aromatic carbocycles. The number of carbonyl (C=O) groups excluding carboxylic acids is 1. The summed E-state index contributed by atoms with van der Waals surface area (Å²) >= 11 is 0. The van der Waals surface area contributed by atoms with Gasteiger partial charge < -0.3 is 10.0 Å². The van der Waals surface area contributed by atoms with Crippen LogP contribution in [-0.4, -0.2) is 44.8 Å². The number of rotatable bonds is 7. The Bertz CT molecular complexity index is 436. The summed E-state index contributed by atoms with van der Waals surface area (Å²) in [6, 6.07) is -0.480. The molecule has 0 aliphatic carbocycles. The monoisotopic (exact) mass is 267 g/mol. The normalized spacial score (nSPS) is 12.2. The van der Waals surface area contributed by atoms with Gasteiger partial charge in [-0.1, -0.05) is 13.8 Å². The fourth-order valence-electron chi connectivity index (χ4n) is 1.91. The van der Waals surface area contributed by atoms with E-state index in [1.54, 1.807) is 11.8 Å². The lowest BCUT2D eigenvalue weighted by molar-refractivity contribution is -0.134. The third-order valence-corrected chi connectivity index (χ3v) is 2.90. The van der Waals surface area contributed by atoms with Crippen molar-refractivity contribution in [2.24, 2.45) is 0 Å². The van der Waals surface area contributed by atoms with E-state index in [2.05, 4.69) is 5.10 Å². The summed E-state index contributed by atoms with van der Waals surface area (Å²) in [5, 5.41) is 12.8. The van der Waals surface area contributed by atoms with E-state index in [9.17, 15) is 9.59 Å². The molecule has 0 saturated heterocycles. The number of carboxylic acid groups (broad SMARTS) is 1. The molecule has 0 aliphatic rings. The van der Waals surface area contributed by atoms with E-state index in [4.69, 9.17) is 5.11 Å². The van der Waals surface area contributed by atoms with Gasteiger partial charge >= 0.3 is 5.97 Å². The highest BCUT2D eigenvalue weighted by Crippen LogP contribution is 2.11. The van der Waals surface area contributed by atoms with Crippen LogP contribution in [0.3, 0.4) is 0 Å². The molecule has 6 nitrogen and oxygen atoms in total. The van der Waals surface area contributed by atoms with Crippen LogP contribution in [0.25, 0.3) is 0 Å². The van der Waals surface area contributed by atoms with E-state index in [1.165, 1.54) is 17.1 Å². The molecule has 0 spiro atoms. The molecule has 0 aliphatic heterocycles. The summed E-state index contributed by atoms with van der Waals surface area (Å²) in [6.07, 6.45) is 4.45. The predicted molar refractivity (Wildman–Crippen MR) is 71.1 cm³/mol. The molecular formula is C13H21N3O3. The van der Waals surface area contributed by atoms with E-state index >= 15 is 0 Å². The number of aromatic nitrogens is 2. The SMILES string of the molecule is CCCN(CCC)C(=O)C(C)n1cc(C(=O)O)cn1. The highest BCUT2D eigenvalue weighted by atomic mass is 16.4. The van der Waals surface area contributed by atoms with Crippen LogP contribution < -0.4 is 0 Å². The van der Waals surface area contributed by atoms with Crippen LogP contribution in [0, 0.1) is 0 Å². The number of hydrogen-bond acceptors (Lipinski definition) is 3. The summed E-state index contributed by atoms with van der Waals surface area (Å²) in [7, 11) is 0. The van der Waals surface area contributed by atoms with Crippen LogP contribution in [0.1, 0.15) is 50.0 Å². The molecule has 19 heavy (non-hydrogen) atoms. The van der Waals surface area contributed by atoms with Crippen LogP contribution in [0.5, 0.6) is 0 Å². The number of carboxylic acids is 1. The van der Waals surface area contributed by atoms with Gasteiger partial charge in [0.1, 0.15) is 6.04 Å². The third-order valence-electron chi connectivity index (χ3n) is 2.90. The average Bonchev–Trinajstić information content (AvgIpc) is 2.86. The van der Waals surface area contributed by atoms with Crippen molar-refractivity contribution < 1.29 is 14.7 Å². The molecule has 1 aromatic heterocycles. The molecule has 6 heteroatoms. The standard InChI is InChI=1S/C13H21N3O3/c1-4-6-15(7-5-2)12(17)10(3)16-9-11(8-14-16)13(18)19/h8-10H,4-7H2,1-3H3,(H,18,19). The average molecular weight is 267 g/mol. The van der Waals surface area contributed by atoms with Crippen molar-refractivity contribution in [1.29, 1.82) is 0 Å². The first-order chi connectivity index (χ1) is 9.01. The Labute approximate surface area is 113 Å². The van der Waals surface area contributed by atoms with Gasteiger partial charge in [0.15, 0.2) is 0 Å². The summed E-state index contributed by atoms with van der Waals surface area (Å²) in [4.78, 5) is 24.9. The van der Waals surface area contributed by atoms with Crippen molar-refractivity contribution in [1.82, 2.24) is 14.7 Å². The summed E-state index contributed by atoms with van der Waals surface area (Å²) in [5.74, 6) is -1.06. The fraction of sp³-hybridized carbons (Fsp3) is 0.615. The Hall–Kier alpha value is -1.85. The van der Waals surface area contributed by atoms with Crippen molar-refractivity contribution in [3.63, 3.8) is 0 Å². The molecule has 1 N–H and O–H groups in total. The van der Waals surface area contributed by atoms with Gasteiger partial charge in [-0.15, -0.1) is 0 Å². The smallest absolute Gasteiger partial charge is 0.338 e. The van der Waals surface area contributed by atoms with E-state index in [-0.39, 0.29) is 11.5 Å². The van der Waals surface area contributed by atoms with Crippen LogP contribution in [0.4, 0.5) is 0 Å². The first-order valence-corrected chi connectivity index (χ1v) is 6.57. The summed E-state index contributed by atoms with van der Waals surface area (Å²) in [6.45, 7) is 7.21. The zero-order valence-corrected chi connectivity index (χ0v) is 11.7. The van der Waals surface area contributed by atoms with Gasteiger partial charge in [0, 0.05) is 19.3 Å². The molecule has 0 fully saturated rings. The molecule has 1 unspecified atom stereocenters. The van der Waals surface area contributed by atoms with Crippen LogP contribution in [-0.2, 0) is 4.79 Å². The second-order valence-corrected chi connectivity index (χ2v) is 4.52. The number of carbonyl (C=O) groups is 2. The van der Waals surface area contributed by atoms with Crippen molar-refractivity contribution in [2.45, 2.75) is 39.7 Å². The van der Waals surface area contributed by atoms with Gasteiger partial charge in [0.25, 0.3) is 0 Å². The van der Waals surface area contributed by atoms with Crippen molar-refractivity contribution in [2.75, 3.05) is 13.1 Å². The van der Waals surface area contributed by atoms with Crippen LogP contribution in [0.15, 0.2) is 12.4 Å². The van der Waals surface area contributed by atoms with E-state index in [1.807, 2.05) is 13.8 Å². The molecule has 0 saturated carbocycles. The molecule has 0 bridgehead atoms. The molecule has 1 amide bonds. The Morgan fingerprint density at radius 2 is 1.95 bits per heavy atom. The quantitative estimate of drug-likeness (QED) is 0.817. The van der Waals surface area contributed by atoms with Gasteiger partial charge in [-0.3, -0.25) is 9.48 Å². The van der Waals surface area contributed by atoms with Gasteiger partial charge in [0.05, 0.1) is 11.8 Å². The lowest BCUT2D eigenvalue weighted by Crippen LogP contribution is -2.37. The van der Waals surface area contributed by atoms with Crippen molar-refractivity contribution in [3.05, 3.63) is 18.0 Å². The Kier molecular flexibility index (Phi) is 5.54. The molecule has 1 aromatic rings. The van der Waals surface area contributed by atoms with E-state index in [0.717, 1.165) is 12.8 Å². The molecule has 1 rings (SSSR count). The Balaban J connectivity index is 2.81. The van der Waals surface area contributed by atoms with Gasteiger partial charge in [0.2, 0.25) is 5.91 Å². The molecule has 1 atom stereocenters. The van der Waals surface area contributed by atoms with Gasteiger partial charge in [-0.05, 0) is 19.8 Å². The summed E-state index contributed by atoms with van der Waals surface area (Å²) in [5.41, 5.74) is 0.0946. The minimum absolute atomic E-state index is 0.0243. The lowest BCUT2D eigenvalue weighted by atomic mass is 10.2. The largest absolute Gasteiger partial charge is 0.478 e. The molecular weight excluding hydrogens is 246 g/mol. The highest BCUT2D eigenvalue weighted by Gasteiger charge is 2.22. The first-order valence-electron chi connectivity index (χ1n) is 6.57. The Morgan fingerprint density at radius 3 is 2.37 bits per heavy atom. The van der Waals surface area contributed by atoms with Gasteiger partial charge in [-0.25, -0.2) is 4.79 Å². The predicted octanol–water partition coefficient (Wildman–Crippen LogP) is 1.79. The number of amides is 1. The topological polar surface area (TPSA) is 75.4 Å². The summed E-state index contributed by atoms with van der Waals surface area (Å²) < 4.78 is 1.41. The number of aromatic carboxylic acids is 1.